The maximum atomic E-state index is 11.8. The Morgan fingerprint density at radius 1 is 1.69 bits per heavy atom. The van der Waals surface area contributed by atoms with Crippen molar-refractivity contribution in [3.63, 3.8) is 0 Å². The van der Waals surface area contributed by atoms with Crippen molar-refractivity contribution in [3.8, 4) is 0 Å². The molecule has 0 saturated heterocycles. The lowest BCUT2D eigenvalue weighted by atomic mass is 9.69. The average molecular weight is 226 g/mol. The van der Waals surface area contributed by atoms with E-state index in [2.05, 4.69) is 6.58 Å². The molecular weight excluding hydrogens is 204 g/mol. The van der Waals surface area contributed by atoms with E-state index in [0.717, 1.165) is 6.42 Å². The van der Waals surface area contributed by atoms with Gasteiger partial charge in [-0.25, -0.2) is 0 Å². The van der Waals surface area contributed by atoms with E-state index in [1.807, 2.05) is 13.8 Å². The Hall–Kier alpha value is -0.830. The Kier molecular flexibility index (Phi) is 3.79. The van der Waals surface area contributed by atoms with Crippen LogP contribution >= 0.6 is 0 Å². The molecule has 1 fully saturated rings. The molecule has 0 amide bonds. The van der Waals surface area contributed by atoms with Gasteiger partial charge in [-0.15, -0.1) is 6.58 Å². The van der Waals surface area contributed by atoms with Crippen LogP contribution in [0.4, 0.5) is 0 Å². The van der Waals surface area contributed by atoms with Gasteiger partial charge in [-0.05, 0) is 26.2 Å². The molecule has 3 heteroatoms. The van der Waals surface area contributed by atoms with Gasteiger partial charge in [0, 0.05) is 5.41 Å². The number of carbonyl (C=O) groups is 1. The first-order valence-electron chi connectivity index (χ1n) is 5.91. The first-order chi connectivity index (χ1) is 7.39. The van der Waals surface area contributed by atoms with Crippen LogP contribution in [-0.4, -0.2) is 23.3 Å². The van der Waals surface area contributed by atoms with Crippen LogP contribution in [0.15, 0.2) is 12.7 Å². The van der Waals surface area contributed by atoms with E-state index in [0.29, 0.717) is 19.4 Å². The maximum Gasteiger partial charge on any atom is 0.311 e. The fourth-order valence-electron chi connectivity index (χ4n) is 2.49. The molecule has 0 aliphatic heterocycles. The molecule has 0 bridgehead atoms. The van der Waals surface area contributed by atoms with Gasteiger partial charge >= 0.3 is 5.97 Å². The summed E-state index contributed by atoms with van der Waals surface area (Å²) < 4.78 is 5.03. The zero-order valence-corrected chi connectivity index (χ0v) is 10.5. The molecule has 92 valence electrons. The van der Waals surface area contributed by atoms with Crippen molar-refractivity contribution in [1.29, 1.82) is 0 Å². The largest absolute Gasteiger partial charge is 0.466 e. The Morgan fingerprint density at radius 3 is 2.81 bits per heavy atom. The smallest absolute Gasteiger partial charge is 0.311 e. The average Bonchev–Trinajstić information content (AvgIpc) is 2.62. The molecule has 0 aromatic heterocycles. The van der Waals surface area contributed by atoms with Crippen molar-refractivity contribution in [1.82, 2.24) is 0 Å². The van der Waals surface area contributed by atoms with Gasteiger partial charge in [0.05, 0.1) is 18.1 Å². The van der Waals surface area contributed by atoms with Crippen molar-refractivity contribution in [2.75, 3.05) is 6.61 Å². The quantitative estimate of drug-likeness (QED) is 0.591. The van der Waals surface area contributed by atoms with Crippen molar-refractivity contribution < 1.29 is 14.6 Å². The second-order valence-electron chi connectivity index (χ2n) is 5.05. The Bertz CT molecular complexity index is 283. The van der Waals surface area contributed by atoms with Crippen molar-refractivity contribution in [2.24, 2.45) is 11.3 Å². The second-order valence-corrected chi connectivity index (χ2v) is 5.05. The monoisotopic (exact) mass is 226 g/mol. The molecule has 16 heavy (non-hydrogen) atoms. The number of esters is 1. The summed E-state index contributed by atoms with van der Waals surface area (Å²) in [6, 6.07) is 0. The third-order valence-corrected chi connectivity index (χ3v) is 3.82. The van der Waals surface area contributed by atoms with E-state index >= 15 is 0 Å². The molecule has 2 atom stereocenters. The Balaban J connectivity index is 2.94. The zero-order chi connectivity index (χ0) is 12.4. The molecular formula is C13H22O3. The topological polar surface area (TPSA) is 46.5 Å². The fraction of sp³-hybridized carbons (Fsp3) is 0.769. The highest BCUT2D eigenvalue weighted by atomic mass is 16.5. The van der Waals surface area contributed by atoms with Gasteiger partial charge in [0.1, 0.15) is 0 Å². The van der Waals surface area contributed by atoms with Crippen LogP contribution in [0.5, 0.6) is 0 Å². The summed E-state index contributed by atoms with van der Waals surface area (Å²) in [5, 5.41) is 10.7. The molecule has 1 aliphatic rings. The van der Waals surface area contributed by atoms with Gasteiger partial charge in [-0.1, -0.05) is 19.9 Å². The number of hydrogen-bond acceptors (Lipinski definition) is 3. The van der Waals surface area contributed by atoms with Gasteiger partial charge in [-0.2, -0.15) is 0 Å². The standard InChI is InChI=1S/C13H22O3/c1-5-12(3,4)13(15)9-7-8-10(13)11(14)16-6-2/h5,10,15H,1,6-9H2,2-4H3. The van der Waals surface area contributed by atoms with Gasteiger partial charge in [0.2, 0.25) is 0 Å². The second kappa shape index (κ2) is 4.58. The number of aliphatic hydroxyl groups is 1. The molecule has 0 aromatic rings. The van der Waals surface area contributed by atoms with E-state index in [4.69, 9.17) is 4.74 Å². The van der Waals surface area contributed by atoms with Crippen LogP contribution in [-0.2, 0) is 9.53 Å². The lowest BCUT2D eigenvalue weighted by Gasteiger charge is -2.41. The molecule has 2 unspecified atom stereocenters. The minimum atomic E-state index is -1.01. The molecule has 0 spiro atoms. The first kappa shape index (κ1) is 13.2. The SMILES string of the molecule is C=CC(C)(C)C1(O)CCCC1C(=O)OCC. The van der Waals surface area contributed by atoms with E-state index in [-0.39, 0.29) is 5.97 Å². The summed E-state index contributed by atoms with van der Waals surface area (Å²) in [5.74, 6) is -0.696. The zero-order valence-electron chi connectivity index (χ0n) is 10.5. The molecule has 1 rings (SSSR count). The van der Waals surface area contributed by atoms with E-state index in [1.54, 1.807) is 13.0 Å². The Morgan fingerprint density at radius 2 is 2.31 bits per heavy atom. The van der Waals surface area contributed by atoms with Crippen LogP contribution in [0, 0.1) is 11.3 Å². The third-order valence-electron chi connectivity index (χ3n) is 3.82. The first-order valence-corrected chi connectivity index (χ1v) is 5.91. The molecule has 0 aromatic carbocycles. The van der Waals surface area contributed by atoms with Crippen LogP contribution in [0.25, 0.3) is 0 Å². The van der Waals surface area contributed by atoms with Crippen molar-refractivity contribution in [3.05, 3.63) is 12.7 Å². The highest BCUT2D eigenvalue weighted by molar-refractivity contribution is 5.74. The van der Waals surface area contributed by atoms with Crippen LogP contribution in [0.3, 0.4) is 0 Å². The minimum absolute atomic E-state index is 0.280. The molecule has 1 aliphatic carbocycles. The minimum Gasteiger partial charge on any atom is -0.466 e. The predicted molar refractivity (Wildman–Crippen MR) is 62.9 cm³/mol. The van der Waals surface area contributed by atoms with Crippen LogP contribution in [0.2, 0.25) is 0 Å². The number of ether oxygens (including phenoxy) is 1. The number of carbonyl (C=O) groups excluding carboxylic acids is 1. The van der Waals surface area contributed by atoms with Gasteiger partial charge in [-0.3, -0.25) is 4.79 Å². The van der Waals surface area contributed by atoms with Gasteiger partial charge in [0.25, 0.3) is 0 Å². The maximum absolute atomic E-state index is 11.8. The van der Waals surface area contributed by atoms with Crippen molar-refractivity contribution in [2.45, 2.75) is 45.6 Å². The summed E-state index contributed by atoms with van der Waals surface area (Å²) in [5.41, 5.74) is -1.48. The van der Waals surface area contributed by atoms with E-state index in [1.165, 1.54) is 0 Å². The van der Waals surface area contributed by atoms with Crippen LogP contribution in [0.1, 0.15) is 40.0 Å². The Labute approximate surface area is 97.5 Å². The van der Waals surface area contributed by atoms with Gasteiger partial charge in [0.15, 0.2) is 0 Å². The molecule has 0 heterocycles. The number of hydrogen-bond donors (Lipinski definition) is 1. The lowest BCUT2D eigenvalue weighted by molar-refractivity contribution is -0.162. The third kappa shape index (κ3) is 2.01. The molecule has 3 nitrogen and oxygen atoms in total. The van der Waals surface area contributed by atoms with Gasteiger partial charge < -0.3 is 9.84 Å². The summed E-state index contributed by atoms with van der Waals surface area (Å²) in [6.07, 6.45) is 3.92. The highest BCUT2D eigenvalue weighted by Crippen LogP contribution is 2.48. The van der Waals surface area contributed by atoms with Crippen molar-refractivity contribution >= 4 is 5.97 Å². The summed E-state index contributed by atoms with van der Waals surface area (Å²) >= 11 is 0. The summed E-state index contributed by atoms with van der Waals surface area (Å²) in [6.45, 7) is 9.72. The summed E-state index contributed by atoms with van der Waals surface area (Å²) in [7, 11) is 0. The fourth-order valence-corrected chi connectivity index (χ4v) is 2.49. The van der Waals surface area contributed by atoms with E-state index in [9.17, 15) is 9.90 Å². The van der Waals surface area contributed by atoms with Crippen LogP contribution < -0.4 is 0 Å². The number of rotatable bonds is 4. The normalized spacial score (nSPS) is 30.1. The summed E-state index contributed by atoms with van der Waals surface area (Å²) in [4.78, 5) is 11.8. The molecule has 1 saturated carbocycles. The predicted octanol–water partition coefficient (Wildman–Crippen LogP) is 2.29. The molecule has 1 N–H and O–H groups in total. The lowest BCUT2D eigenvalue weighted by Crippen LogP contribution is -2.49. The molecule has 0 radical (unpaired) electrons. The highest BCUT2D eigenvalue weighted by Gasteiger charge is 2.54. The van der Waals surface area contributed by atoms with E-state index < -0.39 is 16.9 Å².